The molecule has 102 valence electrons. The van der Waals surface area contributed by atoms with E-state index in [-0.39, 0.29) is 0 Å². The van der Waals surface area contributed by atoms with Gasteiger partial charge in [0.25, 0.3) is 0 Å². The third-order valence-electron chi connectivity index (χ3n) is 3.22. The number of aromatic nitrogens is 1. The molecule has 3 aromatic rings. The average Bonchev–Trinajstić information content (AvgIpc) is 2.73. The van der Waals surface area contributed by atoms with Crippen molar-refractivity contribution in [3.63, 3.8) is 0 Å². The normalized spacial score (nSPS) is 10.9. The first-order valence-corrected chi connectivity index (χ1v) is 7.01. The van der Waals surface area contributed by atoms with Crippen LogP contribution in [0.4, 0.5) is 0 Å². The first-order valence-electron chi connectivity index (χ1n) is 6.25. The predicted octanol–water partition coefficient (Wildman–Crippen LogP) is 5.06. The molecular formula is C16H13Cl2NO. The summed E-state index contributed by atoms with van der Waals surface area (Å²) in [7, 11) is 2.01. The van der Waals surface area contributed by atoms with Gasteiger partial charge in [0, 0.05) is 39.8 Å². The van der Waals surface area contributed by atoms with Gasteiger partial charge in [-0.25, -0.2) is 0 Å². The lowest BCUT2D eigenvalue weighted by Crippen LogP contribution is -1.94. The molecule has 0 unspecified atom stereocenters. The predicted molar refractivity (Wildman–Crippen MR) is 83.7 cm³/mol. The van der Waals surface area contributed by atoms with Crippen molar-refractivity contribution in [3.8, 4) is 5.75 Å². The minimum atomic E-state index is 0.484. The maximum atomic E-state index is 6.07. The number of hydrogen-bond donors (Lipinski definition) is 0. The summed E-state index contributed by atoms with van der Waals surface area (Å²) in [5.74, 6) is 0.761. The van der Waals surface area contributed by atoms with E-state index in [1.807, 2.05) is 43.4 Å². The standard InChI is InChI=1S/C16H13Cl2NO/c1-19-9-11(15-8-13(18)5-6-16(15)19)10-20-14-4-2-3-12(17)7-14/h2-9H,10H2,1H3. The Kier molecular flexibility index (Phi) is 3.60. The Morgan fingerprint density at radius 1 is 1.05 bits per heavy atom. The Morgan fingerprint density at radius 2 is 1.85 bits per heavy atom. The number of benzene rings is 2. The molecule has 0 saturated heterocycles. The van der Waals surface area contributed by atoms with E-state index in [9.17, 15) is 0 Å². The zero-order chi connectivity index (χ0) is 14.1. The molecule has 0 aliphatic carbocycles. The molecule has 1 aromatic heterocycles. The summed E-state index contributed by atoms with van der Waals surface area (Å²) in [5.41, 5.74) is 2.24. The molecule has 0 atom stereocenters. The van der Waals surface area contributed by atoms with Gasteiger partial charge in [0.05, 0.1) is 0 Å². The zero-order valence-corrected chi connectivity index (χ0v) is 12.4. The van der Waals surface area contributed by atoms with Crippen LogP contribution in [-0.4, -0.2) is 4.57 Å². The van der Waals surface area contributed by atoms with Crippen LogP contribution in [0.15, 0.2) is 48.7 Å². The fraction of sp³-hybridized carbons (Fsp3) is 0.125. The molecule has 0 amide bonds. The van der Waals surface area contributed by atoms with Crippen molar-refractivity contribution in [2.24, 2.45) is 7.05 Å². The van der Waals surface area contributed by atoms with E-state index in [1.165, 1.54) is 0 Å². The SMILES string of the molecule is Cn1cc(COc2cccc(Cl)c2)c2cc(Cl)ccc21. The average molecular weight is 306 g/mol. The van der Waals surface area contributed by atoms with Crippen LogP contribution in [-0.2, 0) is 13.7 Å². The molecule has 3 rings (SSSR count). The van der Waals surface area contributed by atoms with Gasteiger partial charge in [-0.1, -0.05) is 29.3 Å². The lowest BCUT2D eigenvalue weighted by atomic mass is 10.2. The van der Waals surface area contributed by atoms with E-state index in [0.29, 0.717) is 11.6 Å². The molecule has 2 aromatic carbocycles. The van der Waals surface area contributed by atoms with E-state index in [1.54, 1.807) is 6.07 Å². The van der Waals surface area contributed by atoms with Crippen molar-refractivity contribution < 1.29 is 4.74 Å². The molecule has 4 heteroatoms. The topological polar surface area (TPSA) is 14.2 Å². The van der Waals surface area contributed by atoms with Crippen LogP contribution in [0, 0.1) is 0 Å². The Morgan fingerprint density at radius 3 is 2.65 bits per heavy atom. The van der Waals surface area contributed by atoms with Gasteiger partial charge in [0.2, 0.25) is 0 Å². The van der Waals surface area contributed by atoms with E-state index in [0.717, 1.165) is 27.2 Å². The molecule has 0 saturated carbocycles. The summed E-state index contributed by atoms with van der Waals surface area (Å²) in [6, 6.07) is 13.3. The first-order chi connectivity index (χ1) is 9.63. The highest BCUT2D eigenvalue weighted by molar-refractivity contribution is 6.31. The Balaban J connectivity index is 1.89. The van der Waals surface area contributed by atoms with Crippen molar-refractivity contribution in [2.45, 2.75) is 6.61 Å². The van der Waals surface area contributed by atoms with Gasteiger partial charge in [0.15, 0.2) is 0 Å². The second kappa shape index (κ2) is 5.39. The summed E-state index contributed by atoms with van der Waals surface area (Å²) < 4.78 is 7.87. The highest BCUT2D eigenvalue weighted by Gasteiger charge is 2.08. The van der Waals surface area contributed by atoms with Gasteiger partial charge in [-0.15, -0.1) is 0 Å². The number of hydrogen-bond acceptors (Lipinski definition) is 1. The van der Waals surface area contributed by atoms with Crippen LogP contribution in [0.5, 0.6) is 5.75 Å². The molecule has 0 radical (unpaired) electrons. The minimum absolute atomic E-state index is 0.484. The molecule has 0 bridgehead atoms. The lowest BCUT2D eigenvalue weighted by molar-refractivity contribution is 0.307. The number of ether oxygens (including phenoxy) is 1. The van der Waals surface area contributed by atoms with Crippen molar-refractivity contribution >= 4 is 34.1 Å². The number of aryl methyl sites for hydroxylation is 1. The van der Waals surface area contributed by atoms with Crippen molar-refractivity contribution in [1.82, 2.24) is 4.57 Å². The number of rotatable bonds is 3. The highest BCUT2D eigenvalue weighted by atomic mass is 35.5. The summed E-state index contributed by atoms with van der Waals surface area (Å²) in [6.07, 6.45) is 2.06. The number of halogens is 2. The zero-order valence-electron chi connectivity index (χ0n) is 10.9. The molecule has 0 aliphatic rings. The molecule has 0 fully saturated rings. The smallest absolute Gasteiger partial charge is 0.121 e. The Hall–Kier alpha value is -1.64. The highest BCUT2D eigenvalue weighted by Crippen LogP contribution is 2.26. The number of nitrogens with zero attached hydrogens (tertiary/aromatic N) is 1. The molecule has 0 aliphatic heterocycles. The summed E-state index contributed by atoms with van der Waals surface area (Å²) in [6.45, 7) is 0.484. The summed E-state index contributed by atoms with van der Waals surface area (Å²) >= 11 is 12.0. The fourth-order valence-corrected chi connectivity index (χ4v) is 2.63. The van der Waals surface area contributed by atoms with E-state index in [2.05, 4.69) is 10.8 Å². The third kappa shape index (κ3) is 2.62. The van der Waals surface area contributed by atoms with Crippen LogP contribution in [0.1, 0.15) is 5.56 Å². The van der Waals surface area contributed by atoms with E-state index in [4.69, 9.17) is 27.9 Å². The minimum Gasteiger partial charge on any atom is -0.489 e. The Bertz CT molecular complexity index is 764. The maximum absolute atomic E-state index is 6.07. The lowest BCUT2D eigenvalue weighted by Gasteiger charge is -2.05. The maximum Gasteiger partial charge on any atom is 0.121 e. The Labute approximate surface area is 127 Å². The van der Waals surface area contributed by atoms with Crippen LogP contribution in [0.2, 0.25) is 10.0 Å². The largest absolute Gasteiger partial charge is 0.489 e. The summed E-state index contributed by atoms with van der Waals surface area (Å²) in [5, 5.41) is 2.51. The monoisotopic (exact) mass is 305 g/mol. The summed E-state index contributed by atoms with van der Waals surface area (Å²) in [4.78, 5) is 0. The molecular weight excluding hydrogens is 293 g/mol. The van der Waals surface area contributed by atoms with Crippen LogP contribution < -0.4 is 4.74 Å². The van der Waals surface area contributed by atoms with Crippen molar-refractivity contribution in [1.29, 1.82) is 0 Å². The van der Waals surface area contributed by atoms with Crippen molar-refractivity contribution in [2.75, 3.05) is 0 Å². The van der Waals surface area contributed by atoms with Gasteiger partial charge in [-0.3, -0.25) is 0 Å². The molecule has 0 spiro atoms. The van der Waals surface area contributed by atoms with E-state index >= 15 is 0 Å². The van der Waals surface area contributed by atoms with Gasteiger partial charge in [0.1, 0.15) is 12.4 Å². The molecule has 2 nitrogen and oxygen atoms in total. The van der Waals surface area contributed by atoms with Crippen LogP contribution in [0.25, 0.3) is 10.9 Å². The van der Waals surface area contributed by atoms with Crippen LogP contribution in [0.3, 0.4) is 0 Å². The second-order valence-electron chi connectivity index (χ2n) is 4.67. The quantitative estimate of drug-likeness (QED) is 0.659. The second-order valence-corrected chi connectivity index (χ2v) is 5.55. The number of fused-ring (bicyclic) bond motifs is 1. The van der Waals surface area contributed by atoms with E-state index < -0.39 is 0 Å². The molecule has 20 heavy (non-hydrogen) atoms. The van der Waals surface area contributed by atoms with Gasteiger partial charge < -0.3 is 9.30 Å². The van der Waals surface area contributed by atoms with Crippen LogP contribution >= 0.6 is 23.2 Å². The third-order valence-corrected chi connectivity index (χ3v) is 3.69. The van der Waals surface area contributed by atoms with Gasteiger partial charge in [-0.05, 0) is 36.4 Å². The van der Waals surface area contributed by atoms with Crippen molar-refractivity contribution in [3.05, 3.63) is 64.3 Å². The van der Waals surface area contributed by atoms with Gasteiger partial charge in [-0.2, -0.15) is 0 Å². The molecule has 0 N–H and O–H groups in total. The molecule has 1 heterocycles. The fourth-order valence-electron chi connectivity index (χ4n) is 2.28. The van der Waals surface area contributed by atoms with Gasteiger partial charge >= 0.3 is 0 Å². The first kappa shape index (κ1) is 13.3.